The molecule has 0 atom stereocenters. The van der Waals surface area contributed by atoms with Crippen LogP contribution in [0, 0.1) is 5.41 Å². The predicted molar refractivity (Wildman–Crippen MR) is 97.7 cm³/mol. The van der Waals surface area contributed by atoms with E-state index in [-0.39, 0.29) is 23.7 Å². The number of hydrogen-bond acceptors (Lipinski definition) is 4. The Bertz CT molecular complexity index is 496. The molecule has 5 nitrogen and oxygen atoms in total. The van der Waals surface area contributed by atoms with Gasteiger partial charge in [0.2, 0.25) is 5.91 Å². The normalized spacial score (nSPS) is 16.1. The largest absolute Gasteiger partial charge is 0.494 e. The lowest BCUT2D eigenvalue weighted by Gasteiger charge is -2.38. The van der Waals surface area contributed by atoms with Crippen LogP contribution in [0.3, 0.4) is 0 Å². The summed E-state index contributed by atoms with van der Waals surface area (Å²) in [4.78, 5) is 14.8. The average Bonchev–Trinajstić information content (AvgIpc) is 2.57. The molecule has 1 amide bonds. The second kappa shape index (κ2) is 9.87. The number of rotatable bonds is 7. The summed E-state index contributed by atoms with van der Waals surface area (Å²) in [5.41, 5.74) is 0.714. The van der Waals surface area contributed by atoms with Crippen LogP contribution in [0.4, 0.5) is 0 Å². The summed E-state index contributed by atoms with van der Waals surface area (Å²) in [6.45, 7) is 5.45. The highest BCUT2D eigenvalue weighted by atomic mass is 35.5. The first-order valence-electron chi connectivity index (χ1n) is 8.28. The quantitative estimate of drug-likeness (QED) is 0.815. The first-order valence-corrected chi connectivity index (χ1v) is 8.28. The van der Waals surface area contributed by atoms with E-state index in [0.717, 1.165) is 37.2 Å². The smallest absolute Gasteiger partial charge is 0.231 e. The van der Waals surface area contributed by atoms with Gasteiger partial charge in [0.25, 0.3) is 0 Å². The van der Waals surface area contributed by atoms with Gasteiger partial charge in [-0.3, -0.25) is 4.79 Å². The first kappa shape index (κ1) is 20.7. The van der Waals surface area contributed by atoms with Crippen molar-refractivity contribution in [3.05, 3.63) is 29.8 Å². The maximum Gasteiger partial charge on any atom is 0.231 e. The van der Waals surface area contributed by atoms with Crippen LogP contribution in [-0.4, -0.2) is 51.3 Å². The fourth-order valence-corrected chi connectivity index (χ4v) is 3.21. The van der Waals surface area contributed by atoms with E-state index in [1.54, 1.807) is 7.11 Å². The highest BCUT2D eigenvalue weighted by Crippen LogP contribution is 2.31. The maximum absolute atomic E-state index is 13.0. The summed E-state index contributed by atoms with van der Waals surface area (Å²) >= 11 is 0. The molecule has 1 saturated heterocycles. The van der Waals surface area contributed by atoms with E-state index in [1.807, 2.05) is 43.1 Å². The summed E-state index contributed by atoms with van der Waals surface area (Å²) in [5, 5.41) is 3.32. The van der Waals surface area contributed by atoms with Crippen LogP contribution in [0.15, 0.2) is 24.3 Å². The van der Waals surface area contributed by atoms with E-state index in [4.69, 9.17) is 9.47 Å². The molecule has 6 heteroatoms. The number of methoxy groups -OCH3 is 1. The minimum Gasteiger partial charge on any atom is -0.494 e. The highest BCUT2D eigenvalue weighted by Gasteiger charge is 2.41. The molecule has 1 aliphatic rings. The van der Waals surface area contributed by atoms with E-state index < -0.39 is 0 Å². The molecule has 0 radical (unpaired) electrons. The van der Waals surface area contributed by atoms with Crippen LogP contribution < -0.4 is 10.1 Å². The van der Waals surface area contributed by atoms with Gasteiger partial charge in [0.1, 0.15) is 5.75 Å². The van der Waals surface area contributed by atoms with Crippen molar-refractivity contribution in [1.82, 2.24) is 10.2 Å². The molecular weight excluding hydrogens is 328 g/mol. The van der Waals surface area contributed by atoms with Crippen LogP contribution in [0.25, 0.3) is 0 Å². The number of piperidine rings is 1. The number of benzene rings is 1. The van der Waals surface area contributed by atoms with Crippen molar-refractivity contribution in [3.8, 4) is 5.75 Å². The van der Waals surface area contributed by atoms with Gasteiger partial charge in [-0.15, -0.1) is 12.4 Å². The van der Waals surface area contributed by atoms with Crippen LogP contribution in [0.5, 0.6) is 5.75 Å². The molecule has 0 unspecified atom stereocenters. The lowest BCUT2D eigenvalue weighted by molar-refractivity contribution is -0.146. The van der Waals surface area contributed by atoms with E-state index >= 15 is 0 Å². The Kier molecular flexibility index (Phi) is 8.53. The third kappa shape index (κ3) is 5.10. The van der Waals surface area contributed by atoms with Crippen molar-refractivity contribution in [2.45, 2.75) is 26.3 Å². The molecule has 1 N–H and O–H groups in total. The standard InChI is InChI=1S/C18H28N2O3.ClH/c1-4-23-16-7-5-15(6-8-16)13-20(2)17(21)18(14-22-3)9-11-19-12-10-18;/h5-8,19H,4,9-14H2,1-3H3;1H. The summed E-state index contributed by atoms with van der Waals surface area (Å²) in [6, 6.07) is 7.93. The molecule has 24 heavy (non-hydrogen) atoms. The fourth-order valence-electron chi connectivity index (χ4n) is 3.21. The number of carbonyl (C=O) groups excluding carboxylic acids is 1. The third-order valence-corrected chi connectivity index (χ3v) is 4.44. The minimum atomic E-state index is -0.389. The molecule has 2 rings (SSSR count). The van der Waals surface area contributed by atoms with Gasteiger partial charge in [0, 0.05) is 20.7 Å². The van der Waals surface area contributed by atoms with Crippen molar-refractivity contribution in [2.75, 3.05) is 40.5 Å². The molecule has 136 valence electrons. The van der Waals surface area contributed by atoms with Crippen molar-refractivity contribution >= 4 is 18.3 Å². The first-order chi connectivity index (χ1) is 11.1. The lowest BCUT2D eigenvalue weighted by atomic mass is 9.78. The van der Waals surface area contributed by atoms with Gasteiger partial charge >= 0.3 is 0 Å². The molecule has 0 saturated carbocycles. The fraction of sp³-hybridized carbons (Fsp3) is 0.611. The summed E-state index contributed by atoms with van der Waals surface area (Å²) < 4.78 is 10.8. The monoisotopic (exact) mass is 356 g/mol. The summed E-state index contributed by atoms with van der Waals surface area (Å²) in [6.07, 6.45) is 1.65. The second-order valence-corrected chi connectivity index (χ2v) is 6.20. The number of nitrogens with zero attached hydrogens (tertiary/aromatic N) is 1. The molecule has 1 heterocycles. The van der Waals surface area contributed by atoms with E-state index in [0.29, 0.717) is 19.8 Å². The molecule has 1 aromatic rings. The van der Waals surface area contributed by atoms with Gasteiger partial charge in [0.15, 0.2) is 0 Å². The van der Waals surface area contributed by atoms with Gasteiger partial charge in [0.05, 0.1) is 18.6 Å². The molecule has 0 spiro atoms. The molecule has 0 aliphatic carbocycles. The number of halogens is 1. The zero-order valence-corrected chi connectivity index (χ0v) is 15.7. The third-order valence-electron chi connectivity index (χ3n) is 4.44. The molecule has 0 bridgehead atoms. The summed E-state index contributed by atoms with van der Waals surface area (Å²) in [7, 11) is 3.54. The molecule has 1 aromatic carbocycles. The highest BCUT2D eigenvalue weighted by molar-refractivity contribution is 5.85. The number of hydrogen-bond donors (Lipinski definition) is 1. The second-order valence-electron chi connectivity index (χ2n) is 6.20. The zero-order valence-electron chi connectivity index (χ0n) is 14.8. The van der Waals surface area contributed by atoms with Crippen molar-refractivity contribution in [2.24, 2.45) is 5.41 Å². The van der Waals surface area contributed by atoms with E-state index in [1.165, 1.54) is 0 Å². The van der Waals surface area contributed by atoms with Gasteiger partial charge in [-0.2, -0.15) is 0 Å². The van der Waals surface area contributed by atoms with Gasteiger partial charge in [-0.25, -0.2) is 0 Å². The van der Waals surface area contributed by atoms with Crippen LogP contribution >= 0.6 is 12.4 Å². The topological polar surface area (TPSA) is 50.8 Å². The maximum atomic E-state index is 13.0. The molecule has 1 fully saturated rings. The van der Waals surface area contributed by atoms with E-state index in [2.05, 4.69) is 5.32 Å². The molecule has 1 aliphatic heterocycles. The van der Waals surface area contributed by atoms with E-state index in [9.17, 15) is 4.79 Å². The zero-order chi connectivity index (χ0) is 16.7. The minimum absolute atomic E-state index is 0. The van der Waals surface area contributed by atoms with Crippen LogP contribution in [0.1, 0.15) is 25.3 Å². The Hall–Kier alpha value is -1.30. The van der Waals surface area contributed by atoms with Crippen molar-refractivity contribution in [1.29, 1.82) is 0 Å². The van der Waals surface area contributed by atoms with Crippen LogP contribution in [-0.2, 0) is 16.1 Å². The number of carbonyl (C=O) groups is 1. The Morgan fingerprint density at radius 2 is 1.88 bits per heavy atom. The number of nitrogens with one attached hydrogen (secondary N) is 1. The van der Waals surface area contributed by atoms with Gasteiger partial charge in [-0.1, -0.05) is 12.1 Å². The molecular formula is C18H29ClN2O3. The van der Waals surface area contributed by atoms with Crippen LogP contribution in [0.2, 0.25) is 0 Å². The summed E-state index contributed by atoms with van der Waals surface area (Å²) in [5.74, 6) is 1.04. The Balaban J connectivity index is 0.00000288. The Morgan fingerprint density at radius 1 is 1.25 bits per heavy atom. The predicted octanol–water partition coefficient (Wildman–Crippen LogP) is 2.48. The Labute approximate surface area is 151 Å². The lowest BCUT2D eigenvalue weighted by Crippen LogP contribution is -2.50. The van der Waals surface area contributed by atoms with Gasteiger partial charge < -0.3 is 19.7 Å². The van der Waals surface area contributed by atoms with Crippen molar-refractivity contribution in [3.63, 3.8) is 0 Å². The SMILES string of the molecule is CCOc1ccc(CN(C)C(=O)C2(COC)CCNCC2)cc1.Cl. The average molecular weight is 357 g/mol. The number of amides is 1. The Morgan fingerprint density at radius 3 is 2.42 bits per heavy atom. The number of ether oxygens (including phenoxy) is 2. The molecule has 0 aromatic heterocycles. The van der Waals surface area contributed by atoms with Crippen molar-refractivity contribution < 1.29 is 14.3 Å². The van der Waals surface area contributed by atoms with Gasteiger partial charge in [-0.05, 0) is 50.6 Å².